The Hall–Kier alpha value is -3.83. The van der Waals surface area contributed by atoms with E-state index in [0.717, 1.165) is 34.2 Å². The molecule has 0 amide bonds. The summed E-state index contributed by atoms with van der Waals surface area (Å²) in [5.74, 6) is -0.514. The predicted octanol–water partition coefficient (Wildman–Crippen LogP) is 7.92. The molecule has 3 aromatic carbocycles. The molecule has 2 aliphatic heterocycles. The third-order valence-corrected chi connectivity index (χ3v) is 12.8. The van der Waals surface area contributed by atoms with Crippen LogP contribution in [0.15, 0.2) is 66.9 Å². The molecule has 6 rings (SSSR count). The highest BCUT2D eigenvalue weighted by atomic mass is 32.2. The molecule has 2 aliphatic rings. The molecule has 3 heterocycles. The number of aromatic nitrogens is 1. The number of aryl methyl sites for hydroxylation is 1. The lowest BCUT2D eigenvalue weighted by molar-refractivity contribution is -0.137. The van der Waals surface area contributed by atoms with Crippen molar-refractivity contribution >= 4 is 32.4 Å². The van der Waals surface area contributed by atoms with Crippen molar-refractivity contribution in [2.45, 2.75) is 88.8 Å². The van der Waals surface area contributed by atoms with Gasteiger partial charge in [0.05, 0.1) is 29.5 Å². The number of ketones is 1. The van der Waals surface area contributed by atoms with Gasteiger partial charge in [0.15, 0.2) is 5.78 Å². The number of anilines is 1. The lowest BCUT2D eigenvalue weighted by atomic mass is 9.82. The largest absolute Gasteiger partial charge is 0.493 e. The standard InChI is InChI=1S/C38H43F3N2O5S/c1-5-25-22-43-23-37(2,3)49(46,47)42(4)32-19-28(18-31(25)36(32)43)34(45)20-27(17-24-9-7-6-8-10-24)33(44)14-11-26-15-16-48-35-21-29(38(39,40)41)12-13-30(26)35/h6-10,12-13,18-19,21-22,26-27,33,44H,5,11,14-17,20,23H2,1-4H3/t26-,27+,33+/m0/s1. The summed E-state index contributed by atoms with van der Waals surface area (Å²) in [6, 6.07) is 16.7. The fraction of sp³-hybridized carbons (Fsp3) is 0.447. The number of ether oxygens (including phenoxy) is 1. The molecule has 11 heteroatoms. The van der Waals surface area contributed by atoms with Crippen LogP contribution in [0.2, 0.25) is 0 Å². The van der Waals surface area contributed by atoms with E-state index in [1.165, 1.54) is 17.4 Å². The quantitative estimate of drug-likeness (QED) is 0.170. The van der Waals surface area contributed by atoms with Gasteiger partial charge in [-0.2, -0.15) is 13.2 Å². The van der Waals surface area contributed by atoms with Crippen LogP contribution < -0.4 is 9.04 Å². The predicted molar refractivity (Wildman–Crippen MR) is 185 cm³/mol. The summed E-state index contributed by atoms with van der Waals surface area (Å²) in [7, 11) is -2.22. The zero-order valence-electron chi connectivity index (χ0n) is 28.3. The molecule has 49 heavy (non-hydrogen) atoms. The number of halogens is 3. The monoisotopic (exact) mass is 696 g/mol. The van der Waals surface area contributed by atoms with E-state index in [4.69, 9.17) is 4.74 Å². The Balaban J connectivity index is 1.28. The number of hydrogen-bond donors (Lipinski definition) is 1. The van der Waals surface area contributed by atoms with E-state index >= 15 is 0 Å². The van der Waals surface area contributed by atoms with E-state index in [1.54, 1.807) is 19.9 Å². The Labute approximate surface area is 285 Å². The molecule has 1 N–H and O–H groups in total. The number of Topliss-reactive ketones (excluding diaryl/α,β-unsaturated/α-hetero) is 1. The van der Waals surface area contributed by atoms with E-state index in [9.17, 15) is 31.5 Å². The molecular formula is C38H43F3N2O5S. The van der Waals surface area contributed by atoms with Crippen LogP contribution in [0.3, 0.4) is 0 Å². The van der Waals surface area contributed by atoms with Crippen LogP contribution >= 0.6 is 0 Å². The summed E-state index contributed by atoms with van der Waals surface area (Å²) >= 11 is 0. The topological polar surface area (TPSA) is 88.8 Å². The summed E-state index contributed by atoms with van der Waals surface area (Å²) in [5.41, 5.74) is 3.56. The van der Waals surface area contributed by atoms with Crippen LogP contribution in [-0.4, -0.2) is 48.4 Å². The molecule has 262 valence electrons. The Morgan fingerprint density at radius 1 is 1.10 bits per heavy atom. The zero-order chi connectivity index (χ0) is 35.3. The van der Waals surface area contributed by atoms with Gasteiger partial charge in [-0.05, 0) is 98.7 Å². The first-order chi connectivity index (χ1) is 23.1. The number of aliphatic hydroxyl groups excluding tert-OH is 1. The van der Waals surface area contributed by atoms with Gasteiger partial charge in [-0.1, -0.05) is 43.3 Å². The molecule has 4 aromatic rings. The number of nitrogens with zero attached hydrogens (tertiary/aromatic N) is 2. The lowest BCUT2D eigenvalue weighted by Gasteiger charge is -2.29. The highest BCUT2D eigenvalue weighted by Gasteiger charge is 2.42. The molecule has 0 saturated carbocycles. The van der Waals surface area contributed by atoms with Crippen molar-refractivity contribution in [2.24, 2.45) is 5.92 Å². The summed E-state index contributed by atoms with van der Waals surface area (Å²) in [5, 5.41) is 12.5. The van der Waals surface area contributed by atoms with Crippen LogP contribution in [0.1, 0.15) is 85.0 Å². The molecule has 3 atom stereocenters. The number of hydrogen-bond acceptors (Lipinski definition) is 5. The van der Waals surface area contributed by atoms with Crippen LogP contribution in [0.5, 0.6) is 5.75 Å². The van der Waals surface area contributed by atoms with Crippen LogP contribution in [0.4, 0.5) is 18.9 Å². The van der Waals surface area contributed by atoms with Crippen molar-refractivity contribution in [1.82, 2.24) is 4.57 Å². The summed E-state index contributed by atoms with van der Waals surface area (Å²) in [6.45, 7) is 6.02. The minimum absolute atomic E-state index is 0.0322. The van der Waals surface area contributed by atoms with Crippen molar-refractivity contribution in [3.05, 3.63) is 94.7 Å². The third kappa shape index (κ3) is 6.71. The second-order valence-corrected chi connectivity index (χ2v) is 16.7. The maximum atomic E-state index is 14.2. The highest BCUT2D eigenvalue weighted by Crippen LogP contribution is 2.42. The first kappa shape index (κ1) is 35.0. The van der Waals surface area contributed by atoms with Gasteiger partial charge in [-0.3, -0.25) is 9.10 Å². The highest BCUT2D eigenvalue weighted by molar-refractivity contribution is 7.94. The average Bonchev–Trinajstić information content (AvgIpc) is 3.39. The first-order valence-electron chi connectivity index (χ1n) is 16.8. The minimum Gasteiger partial charge on any atom is -0.493 e. The molecule has 0 bridgehead atoms. The van der Waals surface area contributed by atoms with Gasteiger partial charge in [-0.15, -0.1) is 0 Å². The molecule has 7 nitrogen and oxygen atoms in total. The Bertz CT molecular complexity index is 1970. The SMILES string of the molecule is CCc1cn2c3c(cc(C(=O)C[C@@H](Cc4ccccc4)[C@H](O)CC[C@H]4CCOc5cc(C(F)(F)F)ccc54)cc13)N(C)S(=O)(=O)C(C)(C)C2. The van der Waals surface area contributed by atoms with E-state index < -0.39 is 38.5 Å². The minimum atomic E-state index is -4.47. The molecule has 0 spiro atoms. The van der Waals surface area contributed by atoms with Gasteiger partial charge in [-0.25, -0.2) is 8.42 Å². The summed E-state index contributed by atoms with van der Waals surface area (Å²) < 4.78 is 75.0. The maximum Gasteiger partial charge on any atom is 0.416 e. The van der Waals surface area contributed by atoms with Crippen LogP contribution in [0, 0.1) is 5.92 Å². The fourth-order valence-electron chi connectivity index (χ4n) is 7.45. The zero-order valence-corrected chi connectivity index (χ0v) is 29.1. The number of aliphatic hydroxyl groups is 1. The fourth-order valence-corrected chi connectivity index (χ4v) is 8.89. The Morgan fingerprint density at radius 3 is 2.53 bits per heavy atom. The van der Waals surface area contributed by atoms with Crippen molar-refractivity contribution < 1.29 is 36.2 Å². The molecular weight excluding hydrogens is 653 g/mol. The number of rotatable bonds is 10. The molecule has 0 unspecified atom stereocenters. The van der Waals surface area contributed by atoms with Crippen molar-refractivity contribution in [2.75, 3.05) is 18.0 Å². The van der Waals surface area contributed by atoms with Gasteiger partial charge >= 0.3 is 6.18 Å². The van der Waals surface area contributed by atoms with Gasteiger partial charge in [0.25, 0.3) is 0 Å². The molecule has 0 radical (unpaired) electrons. The maximum absolute atomic E-state index is 14.2. The molecule has 0 fully saturated rings. The summed E-state index contributed by atoms with van der Waals surface area (Å²) in [4.78, 5) is 14.2. The van der Waals surface area contributed by atoms with Crippen molar-refractivity contribution in [3.8, 4) is 5.75 Å². The number of carbonyl (C=O) groups is 1. The van der Waals surface area contributed by atoms with E-state index in [1.807, 2.05) is 54.1 Å². The normalized spacial score (nSPS) is 19.5. The van der Waals surface area contributed by atoms with Crippen LogP contribution in [-0.2, 0) is 35.6 Å². The van der Waals surface area contributed by atoms with E-state index in [-0.39, 0.29) is 37.0 Å². The van der Waals surface area contributed by atoms with E-state index in [0.29, 0.717) is 48.9 Å². The van der Waals surface area contributed by atoms with Gasteiger partial charge < -0.3 is 14.4 Å². The number of carbonyl (C=O) groups excluding carboxylic acids is 1. The molecule has 0 saturated heterocycles. The third-order valence-electron chi connectivity index (χ3n) is 10.3. The first-order valence-corrected chi connectivity index (χ1v) is 18.3. The van der Waals surface area contributed by atoms with Gasteiger partial charge in [0.2, 0.25) is 10.0 Å². The Morgan fingerprint density at radius 2 is 1.84 bits per heavy atom. The second kappa shape index (κ2) is 13.1. The average molecular weight is 697 g/mol. The second-order valence-electron chi connectivity index (χ2n) is 14.1. The lowest BCUT2D eigenvalue weighted by Crippen LogP contribution is -2.44. The van der Waals surface area contributed by atoms with Crippen molar-refractivity contribution in [3.63, 3.8) is 0 Å². The number of alkyl halides is 3. The van der Waals surface area contributed by atoms with Crippen LogP contribution in [0.25, 0.3) is 10.9 Å². The van der Waals surface area contributed by atoms with E-state index in [2.05, 4.69) is 0 Å². The van der Waals surface area contributed by atoms with Gasteiger partial charge in [0, 0.05) is 37.2 Å². The van der Waals surface area contributed by atoms with Crippen molar-refractivity contribution in [1.29, 1.82) is 0 Å². The number of benzene rings is 3. The molecule has 1 aromatic heterocycles. The smallest absolute Gasteiger partial charge is 0.416 e. The number of fused-ring (bicyclic) bond motifs is 1. The van der Waals surface area contributed by atoms with Gasteiger partial charge in [0.1, 0.15) is 10.5 Å². The summed E-state index contributed by atoms with van der Waals surface area (Å²) in [6.07, 6.45) is -0.689. The number of sulfonamides is 1. The molecule has 0 aliphatic carbocycles. The Kier molecular flexibility index (Phi) is 9.38.